The van der Waals surface area contributed by atoms with Gasteiger partial charge < -0.3 is 9.64 Å². The van der Waals surface area contributed by atoms with Gasteiger partial charge in [-0.15, -0.1) is 6.58 Å². The summed E-state index contributed by atoms with van der Waals surface area (Å²) >= 11 is 9.53. The highest BCUT2D eigenvalue weighted by molar-refractivity contribution is 9.10. The molecule has 9 heteroatoms. The van der Waals surface area contributed by atoms with Gasteiger partial charge in [-0.3, -0.25) is 4.90 Å². The summed E-state index contributed by atoms with van der Waals surface area (Å²) in [5, 5.41) is 1.53. The number of nitrogens with zero attached hydrogens (tertiary/aromatic N) is 3. The van der Waals surface area contributed by atoms with Crippen LogP contribution in [0, 0.1) is 6.92 Å². The first-order chi connectivity index (χ1) is 16.2. The molecule has 0 N–H and O–H groups in total. The van der Waals surface area contributed by atoms with Crippen LogP contribution < -0.4 is 4.74 Å². The summed E-state index contributed by atoms with van der Waals surface area (Å²) < 4.78 is 32.9. The molecule has 1 saturated heterocycles. The van der Waals surface area contributed by atoms with Crippen LogP contribution in [0.5, 0.6) is 5.75 Å². The van der Waals surface area contributed by atoms with Crippen molar-refractivity contribution in [1.29, 1.82) is 0 Å². The van der Waals surface area contributed by atoms with E-state index in [0.29, 0.717) is 10.5 Å². The number of benzene rings is 2. The first kappa shape index (κ1) is 26.8. The van der Waals surface area contributed by atoms with Crippen LogP contribution in [0.2, 0.25) is 5.02 Å². The van der Waals surface area contributed by atoms with Crippen LogP contribution in [0.15, 0.2) is 59.6 Å². The summed E-state index contributed by atoms with van der Waals surface area (Å²) in [6.07, 6.45) is 1.43. The molecule has 34 heavy (non-hydrogen) atoms. The van der Waals surface area contributed by atoms with Crippen molar-refractivity contribution in [3.8, 4) is 5.75 Å². The fourth-order valence-electron chi connectivity index (χ4n) is 4.05. The van der Waals surface area contributed by atoms with Gasteiger partial charge in [-0.25, -0.2) is 12.4 Å². The van der Waals surface area contributed by atoms with Gasteiger partial charge in [-0.1, -0.05) is 29.8 Å². The van der Waals surface area contributed by atoms with E-state index in [1.165, 1.54) is 10.0 Å². The van der Waals surface area contributed by atoms with Gasteiger partial charge >= 0.3 is 0 Å². The molecule has 1 aromatic heterocycles. The second kappa shape index (κ2) is 11.7. The maximum absolute atomic E-state index is 12.7. The fourth-order valence-corrected chi connectivity index (χ4v) is 6.10. The van der Waals surface area contributed by atoms with Gasteiger partial charge in [-0.05, 0) is 65.8 Å². The van der Waals surface area contributed by atoms with E-state index in [-0.39, 0.29) is 5.75 Å². The van der Waals surface area contributed by atoms with Crippen molar-refractivity contribution in [1.82, 2.24) is 13.8 Å². The molecule has 3 aromatic rings. The van der Waals surface area contributed by atoms with Gasteiger partial charge in [0.15, 0.2) is 0 Å². The third-order valence-electron chi connectivity index (χ3n) is 5.88. The Labute approximate surface area is 215 Å². The van der Waals surface area contributed by atoms with Crippen molar-refractivity contribution in [2.75, 3.05) is 46.1 Å². The van der Waals surface area contributed by atoms with E-state index in [4.69, 9.17) is 16.3 Å². The summed E-state index contributed by atoms with van der Waals surface area (Å²) in [6.45, 7) is 10.2. The lowest BCUT2D eigenvalue weighted by molar-refractivity contribution is 0.148. The first-order valence-corrected chi connectivity index (χ1v) is 13.8. The number of hydrogen-bond donors (Lipinski definition) is 0. The summed E-state index contributed by atoms with van der Waals surface area (Å²) in [5.74, 6) is 0.784. The van der Waals surface area contributed by atoms with E-state index in [9.17, 15) is 8.42 Å². The van der Waals surface area contributed by atoms with Crippen LogP contribution in [0.1, 0.15) is 11.3 Å². The van der Waals surface area contributed by atoms with Crippen molar-refractivity contribution in [3.05, 3.63) is 75.9 Å². The summed E-state index contributed by atoms with van der Waals surface area (Å²) in [6, 6.07) is 13.1. The molecule has 0 bridgehead atoms. The number of aromatic nitrogens is 1. The van der Waals surface area contributed by atoms with Crippen LogP contribution in [0.3, 0.4) is 0 Å². The molecule has 0 unspecified atom stereocenters. The van der Waals surface area contributed by atoms with E-state index in [2.05, 4.69) is 39.4 Å². The lowest BCUT2D eigenvalue weighted by Crippen LogP contribution is -2.43. The average molecular weight is 569 g/mol. The van der Waals surface area contributed by atoms with E-state index in [1.807, 2.05) is 37.3 Å². The quantitative estimate of drug-likeness (QED) is 0.384. The van der Waals surface area contributed by atoms with Gasteiger partial charge in [0.25, 0.3) is 0 Å². The molecule has 1 aliphatic rings. The Kier molecular flexibility index (Phi) is 9.23. The second-order valence-corrected chi connectivity index (χ2v) is 11.4. The lowest BCUT2D eigenvalue weighted by atomic mass is 10.1. The second-order valence-electron chi connectivity index (χ2n) is 8.27. The van der Waals surface area contributed by atoms with Crippen molar-refractivity contribution in [3.63, 3.8) is 0 Å². The first-order valence-electron chi connectivity index (χ1n) is 11.0. The topological polar surface area (TPSA) is 54.8 Å². The molecule has 0 spiro atoms. The zero-order valence-corrected chi connectivity index (χ0v) is 23.0. The highest BCUT2D eigenvalue weighted by Gasteiger charge is 2.24. The third kappa shape index (κ3) is 6.23. The molecule has 4 rings (SSSR count). The Morgan fingerprint density at radius 2 is 1.82 bits per heavy atom. The molecule has 0 amide bonds. The minimum Gasteiger partial charge on any atom is -0.496 e. The molecule has 184 valence electrons. The van der Waals surface area contributed by atoms with Crippen molar-refractivity contribution in [2.45, 2.75) is 13.5 Å². The number of hydrogen-bond acceptors (Lipinski definition) is 5. The van der Waals surface area contributed by atoms with E-state index in [0.717, 1.165) is 59.6 Å². The van der Waals surface area contributed by atoms with Gasteiger partial charge in [0.2, 0.25) is 10.0 Å². The van der Waals surface area contributed by atoms with Crippen LogP contribution in [-0.2, 0) is 16.6 Å². The summed E-state index contributed by atoms with van der Waals surface area (Å²) in [7, 11) is 0.294. The highest BCUT2D eigenvalue weighted by atomic mass is 79.9. The molecule has 0 atom stereocenters. The third-order valence-corrected chi connectivity index (χ3v) is 8.46. The fraction of sp³-hybridized carbons (Fsp3) is 0.360. The minimum atomic E-state index is -3.48. The predicted molar refractivity (Wildman–Crippen MR) is 145 cm³/mol. The molecule has 6 nitrogen and oxygen atoms in total. The largest absolute Gasteiger partial charge is 0.496 e. The molecule has 1 fully saturated rings. The molecule has 0 saturated carbocycles. The van der Waals surface area contributed by atoms with Gasteiger partial charge in [0.05, 0.1) is 22.9 Å². The number of rotatable bonds is 6. The van der Waals surface area contributed by atoms with E-state index in [1.54, 1.807) is 19.2 Å². The van der Waals surface area contributed by atoms with Crippen LogP contribution >= 0.6 is 27.5 Å². The molecule has 0 radical (unpaired) electrons. The van der Waals surface area contributed by atoms with Crippen LogP contribution in [0.4, 0.5) is 0 Å². The molecule has 2 aromatic carbocycles. The molecular formula is C25H31BrClN3O3S. The zero-order chi connectivity index (χ0) is 24.9. The smallest absolute Gasteiger partial charge is 0.242 e. The average Bonchev–Trinajstić information content (AvgIpc) is 3.07. The van der Waals surface area contributed by atoms with Crippen molar-refractivity contribution >= 4 is 48.5 Å². The molecule has 2 heterocycles. The predicted octanol–water partition coefficient (Wildman–Crippen LogP) is 5.17. The number of para-hydroxylation sites is 1. The summed E-state index contributed by atoms with van der Waals surface area (Å²) in [5.41, 5.74) is 2.49. The van der Waals surface area contributed by atoms with Gasteiger partial charge in [0, 0.05) is 48.8 Å². The number of ether oxygens (including phenoxy) is 1. The Bertz CT molecular complexity index is 1250. The van der Waals surface area contributed by atoms with Crippen molar-refractivity contribution < 1.29 is 13.2 Å². The number of piperazine rings is 1. The van der Waals surface area contributed by atoms with Crippen LogP contribution in [0.25, 0.3) is 10.9 Å². The monoisotopic (exact) mass is 567 g/mol. The van der Waals surface area contributed by atoms with Crippen molar-refractivity contribution in [2.24, 2.45) is 0 Å². The number of likely N-dealkylation sites (N-methyl/N-ethyl adjacent to an activating group) is 1. The standard InChI is InChI=1S/C18H24ClN3O2S.C7H7BrO/c1-4-11-25(23,24)22-14(2)17(13-21-9-7-20(3)8-10-21)16-12-15(19)5-6-18(16)22;1-9-7-5-3-2-4-6(7)8/h4-6,12H,1,7-11,13H2,2-3H3;2-5H,1H3. The van der Waals surface area contributed by atoms with Gasteiger partial charge in [0.1, 0.15) is 5.75 Å². The zero-order valence-electron chi connectivity index (χ0n) is 19.8. The maximum atomic E-state index is 12.7. The Morgan fingerprint density at radius 1 is 1.15 bits per heavy atom. The highest BCUT2D eigenvalue weighted by Crippen LogP contribution is 2.31. The molecular weight excluding hydrogens is 538 g/mol. The SMILES string of the molecule is C=CCS(=O)(=O)n1c(C)c(CN2CCN(C)CC2)c2cc(Cl)ccc21.COc1ccccc1Br. The lowest BCUT2D eigenvalue weighted by Gasteiger charge is -2.32. The summed E-state index contributed by atoms with van der Waals surface area (Å²) in [4.78, 5) is 4.67. The van der Waals surface area contributed by atoms with E-state index >= 15 is 0 Å². The van der Waals surface area contributed by atoms with Crippen LogP contribution in [-0.4, -0.2) is 68.3 Å². The molecule has 0 aliphatic carbocycles. The molecule has 1 aliphatic heterocycles. The van der Waals surface area contributed by atoms with E-state index < -0.39 is 10.0 Å². The number of methoxy groups -OCH3 is 1. The van der Waals surface area contributed by atoms with Gasteiger partial charge in [-0.2, -0.15) is 0 Å². The maximum Gasteiger partial charge on any atom is 0.242 e. The normalized spacial score (nSPS) is 15.1. The Morgan fingerprint density at radius 3 is 2.41 bits per heavy atom. The Balaban J connectivity index is 0.000000302. The Hall–Kier alpha value is -1.84. The minimum absolute atomic E-state index is 0.0891. The number of halogens is 2. The number of fused-ring (bicyclic) bond motifs is 1.